The van der Waals surface area contributed by atoms with Crippen molar-refractivity contribution in [2.45, 2.75) is 135 Å². The summed E-state index contributed by atoms with van der Waals surface area (Å²) in [6, 6.07) is 0. The fraction of sp³-hybridized carbons (Fsp3) is 0.833. The van der Waals surface area contributed by atoms with E-state index in [9.17, 15) is 19.5 Å². The number of carboxylic acid groups (broad SMARTS) is 3. The van der Waals surface area contributed by atoms with Gasteiger partial charge in [0.2, 0.25) is 0 Å². The van der Waals surface area contributed by atoms with Crippen LogP contribution < -0.4 is 5.11 Å². The SMILES string of the molecule is C/C=C/CCCCCCCCCCCCCCCCCCCCC[N+](CC(=O)[O-])(CC(=O)O)CC(=O)O. The maximum absolute atomic E-state index is 11.2. The number of unbranched alkanes of at least 4 members (excludes halogenated alkanes) is 19. The van der Waals surface area contributed by atoms with E-state index in [1.807, 2.05) is 0 Å². The van der Waals surface area contributed by atoms with Crippen LogP contribution in [-0.4, -0.2) is 58.8 Å². The summed E-state index contributed by atoms with van der Waals surface area (Å²) >= 11 is 0. The highest BCUT2D eigenvalue weighted by Crippen LogP contribution is 2.16. The van der Waals surface area contributed by atoms with Gasteiger partial charge in [-0.1, -0.05) is 115 Å². The number of carbonyl (C=O) groups excluding carboxylic acids is 1. The second-order valence-electron chi connectivity index (χ2n) is 10.8. The van der Waals surface area contributed by atoms with Gasteiger partial charge in [-0.2, -0.15) is 0 Å². The van der Waals surface area contributed by atoms with Gasteiger partial charge in [-0.3, -0.25) is 0 Å². The van der Waals surface area contributed by atoms with Crippen LogP contribution in [0.15, 0.2) is 12.2 Å². The molecule has 0 saturated carbocycles. The van der Waals surface area contributed by atoms with Crippen LogP contribution in [0.5, 0.6) is 0 Å². The molecular weight excluding hydrogens is 470 g/mol. The van der Waals surface area contributed by atoms with Gasteiger partial charge in [0.15, 0.2) is 13.1 Å². The first-order valence-corrected chi connectivity index (χ1v) is 14.9. The third-order valence-corrected chi connectivity index (χ3v) is 7.14. The fourth-order valence-corrected chi connectivity index (χ4v) is 5.13. The van der Waals surface area contributed by atoms with E-state index in [0.717, 1.165) is 19.3 Å². The molecule has 0 aliphatic carbocycles. The highest BCUT2D eigenvalue weighted by Gasteiger charge is 2.33. The molecule has 0 rings (SSSR count). The minimum atomic E-state index is -1.42. The molecule has 0 heterocycles. The number of rotatable bonds is 28. The topological polar surface area (TPSA) is 115 Å². The van der Waals surface area contributed by atoms with Crippen molar-refractivity contribution in [1.29, 1.82) is 0 Å². The van der Waals surface area contributed by atoms with Crippen LogP contribution in [0.2, 0.25) is 0 Å². The van der Waals surface area contributed by atoms with Gasteiger partial charge in [-0.05, 0) is 32.6 Å². The molecule has 0 atom stereocenters. The van der Waals surface area contributed by atoms with Crippen molar-refractivity contribution in [1.82, 2.24) is 0 Å². The lowest BCUT2D eigenvalue weighted by Gasteiger charge is -2.36. The van der Waals surface area contributed by atoms with Crippen molar-refractivity contribution in [3.63, 3.8) is 0 Å². The van der Waals surface area contributed by atoms with Gasteiger partial charge in [-0.25, -0.2) is 9.59 Å². The molecule has 216 valence electrons. The Labute approximate surface area is 225 Å². The molecular formula is C30H55NO6. The fourth-order valence-electron chi connectivity index (χ4n) is 5.13. The zero-order valence-corrected chi connectivity index (χ0v) is 23.6. The lowest BCUT2D eigenvalue weighted by Crippen LogP contribution is -2.59. The Morgan fingerprint density at radius 3 is 1.19 bits per heavy atom. The van der Waals surface area contributed by atoms with Gasteiger partial charge in [-0.15, -0.1) is 0 Å². The van der Waals surface area contributed by atoms with Crippen LogP contribution in [0.1, 0.15) is 135 Å². The summed E-state index contributed by atoms with van der Waals surface area (Å²) in [4.78, 5) is 33.4. The maximum Gasteiger partial charge on any atom is 0.359 e. The van der Waals surface area contributed by atoms with Gasteiger partial charge in [0, 0.05) is 0 Å². The first kappa shape index (κ1) is 35.1. The van der Waals surface area contributed by atoms with Crippen LogP contribution in [0.4, 0.5) is 0 Å². The number of allylic oxidation sites excluding steroid dienone is 2. The van der Waals surface area contributed by atoms with Crippen LogP contribution in [-0.2, 0) is 14.4 Å². The number of carboxylic acids is 3. The summed E-state index contributed by atoms with van der Waals surface area (Å²) in [6.07, 6.45) is 29.3. The second kappa shape index (κ2) is 24.4. The summed E-state index contributed by atoms with van der Waals surface area (Å²) in [6.45, 7) is 0.697. The second-order valence-corrected chi connectivity index (χ2v) is 10.8. The summed E-state index contributed by atoms with van der Waals surface area (Å²) in [5, 5.41) is 29.3. The van der Waals surface area contributed by atoms with Gasteiger partial charge in [0.25, 0.3) is 0 Å². The summed E-state index contributed by atoms with van der Waals surface area (Å²) in [5.74, 6) is -3.81. The molecule has 0 saturated heterocycles. The molecule has 37 heavy (non-hydrogen) atoms. The molecule has 2 N–H and O–H groups in total. The Bertz CT molecular complexity index is 578. The van der Waals surface area contributed by atoms with Crippen molar-refractivity contribution in [3.05, 3.63) is 12.2 Å². The van der Waals surface area contributed by atoms with Gasteiger partial charge >= 0.3 is 11.9 Å². The monoisotopic (exact) mass is 525 g/mol. The van der Waals surface area contributed by atoms with E-state index in [0.29, 0.717) is 6.42 Å². The molecule has 0 spiro atoms. The smallest absolute Gasteiger partial charge is 0.359 e. The number of aliphatic carboxylic acids is 3. The Kier molecular flexibility index (Phi) is 23.2. The molecule has 0 amide bonds. The van der Waals surface area contributed by atoms with Gasteiger partial charge < -0.3 is 24.6 Å². The van der Waals surface area contributed by atoms with E-state index >= 15 is 0 Å². The molecule has 0 aromatic carbocycles. The van der Waals surface area contributed by atoms with E-state index in [2.05, 4.69) is 19.1 Å². The Morgan fingerprint density at radius 1 is 0.568 bits per heavy atom. The summed E-state index contributed by atoms with van der Waals surface area (Å²) in [7, 11) is 0. The molecule has 0 aliphatic rings. The van der Waals surface area contributed by atoms with Crippen molar-refractivity contribution < 1.29 is 34.2 Å². The van der Waals surface area contributed by atoms with Crippen LogP contribution in [0.3, 0.4) is 0 Å². The average molecular weight is 526 g/mol. The van der Waals surface area contributed by atoms with Crippen LogP contribution in [0.25, 0.3) is 0 Å². The molecule has 0 fully saturated rings. The number of carbonyl (C=O) groups is 3. The number of quaternary nitrogens is 1. The van der Waals surface area contributed by atoms with E-state index in [1.54, 1.807) is 0 Å². The zero-order valence-electron chi connectivity index (χ0n) is 23.6. The molecule has 0 aromatic rings. The highest BCUT2D eigenvalue weighted by molar-refractivity contribution is 5.72. The van der Waals surface area contributed by atoms with E-state index in [4.69, 9.17) is 10.2 Å². The number of hydrogen-bond acceptors (Lipinski definition) is 4. The maximum atomic E-state index is 11.2. The van der Waals surface area contributed by atoms with Crippen molar-refractivity contribution in [2.75, 3.05) is 26.2 Å². The highest BCUT2D eigenvalue weighted by atomic mass is 16.4. The van der Waals surface area contributed by atoms with E-state index in [-0.39, 0.29) is 6.54 Å². The van der Waals surface area contributed by atoms with Crippen molar-refractivity contribution >= 4 is 17.9 Å². The lowest BCUT2D eigenvalue weighted by atomic mass is 10.0. The molecule has 0 aromatic heterocycles. The standard InChI is InChI=1S/C30H55NO6/c1-2-3-4-5-6-7-8-9-10-11-12-13-14-15-16-17-18-19-20-21-22-23-24-31(25-28(32)33,26-29(34)35)27-30(36)37/h2-3H,4-27H2,1H3,(H2-,32,33,34,35,36,37)/b3-2+. The quantitative estimate of drug-likeness (QED) is 0.0724. The van der Waals surface area contributed by atoms with Gasteiger partial charge in [0.1, 0.15) is 6.54 Å². The molecule has 7 nitrogen and oxygen atoms in total. The number of nitrogens with zero attached hydrogens (tertiary/aromatic N) is 1. The third kappa shape index (κ3) is 24.2. The molecule has 0 unspecified atom stereocenters. The van der Waals surface area contributed by atoms with E-state index in [1.165, 1.54) is 103 Å². The Hall–Kier alpha value is -1.89. The Balaban J connectivity index is 3.60. The zero-order chi connectivity index (χ0) is 27.6. The number of hydrogen-bond donors (Lipinski definition) is 2. The first-order valence-electron chi connectivity index (χ1n) is 14.9. The minimum absolute atomic E-state index is 0.226. The lowest BCUT2D eigenvalue weighted by molar-refractivity contribution is -0.909. The van der Waals surface area contributed by atoms with Crippen LogP contribution in [0, 0.1) is 0 Å². The normalized spacial score (nSPS) is 11.8. The molecule has 0 bridgehead atoms. The molecule has 0 aliphatic heterocycles. The Morgan fingerprint density at radius 2 is 0.892 bits per heavy atom. The largest absolute Gasteiger partial charge is 0.544 e. The third-order valence-electron chi connectivity index (χ3n) is 7.14. The average Bonchev–Trinajstić information content (AvgIpc) is 2.81. The van der Waals surface area contributed by atoms with E-state index < -0.39 is 42.0 Å². The first-order chi connectivity index (χ1) is 17.8. The van der Waals surface area contributed by atoms with Crippen molar-refractivity contribution in [3.8, 4) is 0 Å². The predicted octanol–water partition coefficient (Wildman–Crippen LogP) is 6.10. The summed E-state index contributed by atoms with van der Waals surface area (Å²) < 4.78 is -0.496. The predicted molar refractivity (Wildman–Crippen MR) is 147 cm³/mol. The van der Waals surface area contributed by atoms with Gasteiger partial charge in [0.05, 0.1) is 12.5 Å². The molecule has 7 heteroatoms. The summed E-state index contributed by atoms with van der Waals surface area (Å²) in [5.41, 5.74) is 0. The van der Waals surface area contributed by atoms with Crippen LogP contribution >= 0.6 is 0 Å². The van der Waals surface area contributed by atoms with Crippen molar-refractivity contribution in [2.24, 2.45) is 0 Å². The molecule has 0 radical (unpaired) electrons. The minimum Gasteiger partial charge on any atom is -0.544 e.